The number of unbranched alkanes of at least 4 members (excludes halogenated alkanes) is 18. The van der Waals surface area contributed by atoms with E-state index in [0.29, 0.717) is 13.2 Å². The lowest BCUT2D eigenvalue weighted by atomic mass is 10.0. The van der Waals surface area contributed by atoms with Gasteiger partial charge in [-0.15, -0.1) is 0 Å². The van der Waals surface area contributed by atoms with Crippen LogP contribution >= 0.6 is 0 Å². The first kappa shape index (κ1) is 30.7. The SMILES string of the molecule is CCCCCCCCCCCCCCCCOC(=O)/C=C/C(=O)OCCCCCCCC. The summed E-state index contributed by atoms with van der Waals surface area (Å²) in [5.41, 5.74) is 0. The molecule has 0 aliphatic rings. The van der Waals surface area contributed by atoms with Crippen molar-refractivity contribution in [1.82, 2.24) is 0 Å². The van der Waals surface area contributed by atoms with E-state index in [9.17, 15) is 9.59 Å². The summed E-state index contributed by atoms with van der Waals surface area (Å²) in [6.45, 7) is 5.30. The molecule has 188 valence electrons. The molecule has 0 amide bonds. The molecule has 0 rings (SSSR count). The molecule has 0 aliphatic carbocycles. The fraction of sp³-hybridized carbons (Fsp3) is 0.857. The van der Waals surface area contributed by atoms with E-state index < -0.39 is 11.9 Å². The monoisotopic (exact) mass is 452 g/mol. The van der Waals surface area contributed by atoms with E-state index in [4.69, 9.17) is 9.47 Å². The first-order chi connectivity index (χ1) is 15.7. The lowest BCUT2D eigenvalue weighted by molar-refractivity contribution is -0.140. The van der Waals surface area contributed by atoms with Crippen LogP contribution in [0.5, 0.6) is 0 Å². The summed E-state index contributed by atoms with van der Waals surface area (Å²) in [5, 5.41) is 0. The molecule has 0 fully saturated rings. The van der Waals surface area contributed by atoms with Crippen molar-refractivity contribution in [3.05, 3.63) is 12.2 Å². The zero-order valence-electron chi connectivity index (χ0n) is 21.3. The molecule has 0 aromatic heterocycles. The van der Waals surface area contributed by atoms with Gasteiger partial charge in [-0.1, -0.05) is 129 Å². The molecule has 0 saturated heterocycles. The Morgan fingerprint density at radius 2 is 0.688 bits per heavy atom. The third kappa shape index (κ3) is 24.9. The van der Waals surface area contributed by atoms with Crippen LogP contribution in [0.2, 0.25) is 0 Å². The van der Waals surface area contributed by atoms with Gasteiger partial charge < -0.3 is 9.47 Å². The second-order valence-electron chi connectivity index (χ2n) is 9.03. The predicted molar refractivity (Wildman–Crippen MR) is 135 cm³/mol. The Kier molecular flexibility index (Phi) is 24.9. The Bertz CT molecular complexity index is 445. The summed E-state index contributed by atoms with van der Waals surface area (Å²) in [6.07, 6.45) is 27.5. The van der Waals surface area contributed by atoms with E-state index >= 15 is 0 Å². The summed E-state index contributed by atoms with van der Waals surface area (Å²) in [5.74, 6) is -0.928. The Hall–Kier alpha value is -1.32. The number of carbonyl (C=O) groups is 2. The highest BCUT2D eigenvalue weighted by molar-refractivity contribution is 5.91. The van der Waals surface area contributed by atoms with Crippen LogP contribution in [0.25, 0.3) is 0 Å². The van der Waals surface area contributed by atoms with Gasteiger partial charge in [-0.3, -0.25) is 0 Å². The Labute approximate surface area is 198 Å². The van der Waals surface area contributed by atoms with Crippen molar-refractivity contribution in [1.29, 1.82) is 0 Å². The lowest BCUT2D eigenvalue weighted by Crippen LogP contribution is -2.06. The first-order valence-corrected chi connectivity index (χ1v) is 13.7. The van der Waals surface area contributed by atoms with Crippen LogP contribution in [0.3, 0.4) is 0 Å². The fourth-order valence-corrected chi connectivity index (χ4v) is 3.76. The molecule has 0 N–H and O–H groups in total. The third-order valence-corrected chi connectivity index (χ3v) is 5.84. The van der Waals surface area contributed by atoms with Crippen LogP contribution in [0, 0.1) is 0 Å². The van der Waals surface area contributed by atoms with Gasteiger partial charge in [-0.2, -0.15) is 0 Å². The molecular weight excluding hydrogens is 400 g/mol. The number of hydrogen-bond donors (Lipinski definition) is 0. The standard InChI is InChI=1S/C28H52O4/c1-3-5-7-9-11-12-13-14-15-16-17-18-20-22-26-32-28(30)24-23-27(29)31-25-21-19-10-8-6-4-2/h23-24H,3-22,25-26H2,1-2H3/b24-23+. The Morgan fingerprint density at radius 3 is 0.969 bits per heavy atom. The molecular formula is C28H52O4. The molecule has 0 heterocycles. The minimum atomic E-state index is -0.466. The van der Waals surface area contributed by atoms with E-state index in [1.807, 2.05) is 0 Å². The van der Waals surface area contributed by atoms with Crippen LogP contribution in [0.4, 0.5) is 0 Å². The second-order valence-corrected chi connectivity index (χ2v) is 9.03. The van der Waals surface area contributed by atoms with Crippen molar-refractivity contribution in [3.63, 3.8) is 0 Å². The van der Waals surface area contributed by atoms with Crippen molar-refractivity contribution < 1.29 is 19.1 Å². The smallest absolute Gasteiger partial charge is 0.331 e. The number of hydrogen-bond acceptors (Lipinski definition) is 4. The van der Waals surface area contributed by atoms with Gasteiger partial charge in [0.15, 0.2) is 0 Å². The minimum absolute atomic E-state index is 0.420. The van der Waals surface area contributed by atoms with Gasteiger partial charge in [-0.05, 0) is 12.8 Å². The third-order valence-electron chi connectivity index (χ3n) is 5.84. The number of carbonyl (C=O) groups excluding carboxylic acids is 2. The van der Waals surface area contributed by atoms with E-state index in [-0.39, 0.29) is 0 Å². The number of ether oxygens (including phenoxy) is 2. The van der Waals surface area contributed by atoms with Gasteiger partial charge in [0.25, 0.3) is 0 Å². The largest absolute Gasteiger partial charge is 0.463 e. The van der Waals surface area contributed by atoms with E-state index in [1.54, 1.807) is 0 Å². The van der Waals surface area contributed by atoms with Crippen LogP contribution in [-0.2, 0) is 19.1 Å². The maximum Gasteiger partial charge on any atom is 0.331 e. The van der Waals surface area contributed by atoms with Gasteiger partial charge in [-0.25, -0.2) is 9.59 Å². The van der Waals surface area contributed by atoms with Crippen LogP contribution < -0.4 is 0 Å². The normalized spacial score (nSPS) is 11.2. The van der Waals surface area contributed by atoms with Crippen molar-refractivity contribution in [3.8, 4) is 0 Å². The van der Waals surface area contributed by atoms with Crippen molar-refractivity contribution >= 4 is 11.9 Å². The van der Waals surface area contributed by atoms with Crippen LogP contribution in [0.1, 0.15) is 142 Å². The highest BCUT2D eigenvalue weighted by atomic mass is 16.5. The maximum atomic E-state index is 11.6. The average molecular weight is 453 g/mol. The zero-order valence-corrected chi connectivity index (χ0v) is 21.3. The molecule has 0 radical (unpaired) electrons. The first-order valence-electron chi connectivity index (χ1n) is 13.7. The van der Waals surface area contributed by atoms with Gasteiger partial charge in [0.1, 0.15) is 0 Å². The van der Waals surface area contributed by atoms with E-state index in [1.165, 1.54) is 115 Å². The summed E-state index contributed by atoms with van der Waals surface area (Å²) in [4.78, 5) is 23.2. The molecule has 4 nitrogen and oxygen atoms in total. The number of rotatable bonds is 24. The molecule has 0 aromatic rings. The molecule has 0 bridgehead atoms. The van der Waals surface area contributed by atoms with E-state index in [0.717, 1.165) is 25.7 Å². The van der Waals surface area contributed by atoms with Crippen molar-refractivity contribution in [2.75, 3.05) is 13.2 Å². The van der Waals surface area contributed by atoms with Crippen molar-refractivity contribution in [2.24, 2.45) is 0 Å². The van der Waals surface area contributed by atoms with Gasteiger partial charge in [0, 0.05) is 12.2 Å². The molecule has 4 heteroatoms. The molecule has 0 aromatic carbocycles. The molecule has 0 unspecified atom stereocenters. The molecule has 0 aliphatic heterocycles. The average Bonchev–Trinajstić information content (AvgIpc) is 2.79. The highest BCUT2D eigenvalue weighted by Crippen LogP contribution is 2.13. The Balaban J connectivity index is 3.35. The van der Waals surface area contributed by atoms with Gasteiger partial charge >= 0.3 is 11.9 Å². The summed E-state index contributed by atoms with van der Waals surface area (Å²) < 4.78 is 10.2. The fourth-order valence-electron chi connectivity index (χ4n) is 3.76. The van der Waals surface area contributed by atoms with Crippen molar-refractivity contribution in [2.45, 2.75) is 142 Å². The second kappa shape index (κ2) is 25.9. The summed E-state index contributed by atoms with van der Waals surface area (Å²) >= 11 is 0. The molecule has 0 spiro atoms. The lowest BCUT2D eigenvalue weighted by Gasteiger charge is -2.04. The van der Waals surface area contributed by atoms with Crippen LogP contribution in [0.15, 0.2) is 12.2 Å². The van der Waals surface area contributed by atoms with Crippen LogP contribution in [-0.4, -0.2) is 25.2 Å². The van der Waals surface area contributed by atoms with Gasteiger partial charge in [0.2, 0.25) is 0 Å². The Morgan fingerprint density at radius 1 is 0.438 bits per heavy atom. The number of esters is 2. The topological polar surface area (TPSA) is 52.6 Å². The predicted octanol–water partition coefficient (Wildman–Crippen LogP) is 8.47. The summed E-state index contributed by atoms with van der Waals surface area (Å²) in [7, 11) is 0. The quantitative estimate of drug-likeness (QED) is 0.0837. The highest BCUT2D eigenvalue weighted by Gasteiger charge is 2.01. The summed E-state index contributed by atoms with van der Waals surface area (Å²) in [6, 6.07) is 0. The van der Waals surface area contributed by atoms with E-state index in [2.05, 4.69) is 13.8 Å². The molecule has 32 heavy (non-hydrogen) atoms. The molecule has 0 saturated carbocycles. The maximum absolute atomic E-state index is 11.6. The molecule has 0 atom stereocenters. The zero-order chi connectivity index (χ0) is 23.5. The van der Waals surface area contributed by atoms with Gasteiger partial charge in [0.05, 0.1) is 13.2 Å². The minimum Gasteiger partial charge on any atom is -0.463 e.